The van der Waals surface area contributed by atoms with Gasteiger partial charge in [0.1, 0.15) is 21.8 Å². The number of benzene rings is 4. The molecule has 4 aliphatic rings. The number of hydrogen-bond acceptors (Lipinski definition) is 8. The number of carbonyl (C=O) groups excluding carboxylic acids is 4. The number of amides is 3. The molecule has 2 aliphatic carbocycles. The van der Waals surface area contributed by atoms with E-state index in [1.165, 1.54) is 12.8 Å². The summed E-state index contributed by atoms with van der Waals surface area (Å²) in [5, 5.41) is 5.05. The van der Waals surface area contributed by atoms with Crippen molar-refractivity contribution in [3.05, 3.63) is 143 Å². The molecule has 350 valence electrons. The molecule has 2 aromatic heterocycles. The van der Waals surface area contributed by atoms with E-state index in [4.69, 9.17) is 9.97 Å². The van der Waals surface area contributed by atoms with Crippen molar-refractivity contribution in [2.24, 2.45) is 11.8 Å². The van der Waals surface area contributed by atoms with Gasteiger partial charge < -0.3 is 15.1 Å². The van der Waals surface area contributed by atoms with Gasteiger partial charge in [0.25, 0.3) is 0 Å². The maximum absolute atomic E-state index is 14.4. The summed E-state index contributed by atoms with van der Waals surface area (Å²) in [6.45, 7) is 1.31. The van der Waals surface area contributed by atoms with Gasteiger partial charge in [0, 0.05) is 43.7 Å². The first kappa shape index (κ1) is 46.0. The van der Waals surface area contributed by atoms with Gasteiger partial charge >= 0.3 is 0 Å². The number of aromatic nitrogens is 2. The lowest BCUT2D eigenvalue weighted by atomic mass is 9.81. The smallest absolute Gasteiger partial charge is 0.250 e. The Bertz CT molecular complexity index is 2490. The van der Waals surface area contributed by atoms with Crippen molar-refractivity contribution >= 4 is 46.2 Å². The summed E-state index contributed by atoms with van der Waals surface area (Å²) in [7, 11) is 0. The van der Waals surface area contributed by atoms with Crippen molar-refractivity contribution in [2.75, 3.05) is 13.1 Å². The molecule has 11 heteroatoms. The van der Waals surface area contributed by atoms with Gasteiger partial charge in [-0.25, -0.2) is 9.97 Å². The van der Waals surface area contributed by atoms with Gasteiger partial charge in [0.2, 0.25) is 17.7 Å². The largest absolute Gasteiger partial charge is 0.340 e. The van der Waals surface area contributed by atoms with Gasteiger partial charge in [-0.05, 0) is 84.7 Å². The fourth-order valence-corrected chi connectivity index (χ4v) is 13.3. The highest BCUT2D eigenvalue weighted by Crippen LogP contribution is 2.42. The third-order valence-corrected chi connectivity index (χ3v) is 17.3. The number of rotatable bonds is 14. The second-order valence-corrected chi connectivity index (χ2v) is 21.4. The number of likely N-dealkylation sites (tertiary alicyclic amines) is 2. The monoisotopic (exact) mass is 943 g/mol. The van der Waals surface area contributed by atoms with E-state index in [-0.39, 0.29) is 53.8 Å². The molecule has 2 aliphatic heterocycles. The zero-order valence-corrected chi connectivity index (χ0v) is 40.4. The minimum atomic E-state index is -0.722. The Kier molecular flexibility index (Phi) is 14.4. The molecule has 2 saturated carbocycles. The Hall–Kier alpha value is -5.78. The second-order valence-electron chi connectivity index (χ2n) is 19.3. The van der Waals surface area contributed by atoms with Crippen LogP contribution in [0.1, 0.15) is 141 Å². The van der Waals surface area contributed by atoms with Crippen molar-refractivity contribution in [3.63, 3.8) is 0 Å². The summed E-state index contributed by atoms with van der Waals surface area (Å²) >= 11 is 3.29. The van der Waals surface area contributed by atoms with Crippen molar-refractivity contribution < 1.29 is 19.2 Å². The van der Waals surface area contributed by atoms with E-state index in [1.54, 1.807) is 22.7 Å². The van der Waals surface area contributed by atoms with E-state index in [1.807, 2.05) is 82.9 Å². The lowest BCUT2D eigenvalue weighted by Crippen LogP contribution is -2.44. The molecule has 4 fully saturated rings. The van der Waals surface area contributed by atoms with E-state index < -0.39 is 12.0 Å². The zero-order valence-electron chi connectivity index (χ0n) is 38.8. The van der Waals surface area contributed by atoms with E-state index in [9.17, 15) is 19.2 Å². The van der Waals surface area contributed by atoms with Crippen LogP contribution in [0.3, 0.4) is 0 Å². The average molecular weight is 944 g/mol. The highest BCUT2D eigenvalue weighted by molar-refractivity contribution is 7.15. The Balaban J connectivity index is 0.790. The number of nitrogens with zero attached hydrogens (tertiary/aromatic N) is 4. The minimum Gasteiger partial charge on any atom is -0.340 e. The summed E-state index contributed by atoms with van der Waals surface area (Å²) in [6.07, 6.45) is 18.0. The molecule has 68 heavy (non-hydrogen) atoms. The van der Waals surface area contributed by atoms with Crippen LogP contribution in [-0.2, 0) is 19.2 Å². The van der Waals surface area contributed by atoms with Crippen LogP contribution in [0.15, 0.2) is 122 Å². The van der Waals surface area contributed by atoms with Crippen LogP contribution in [0.4, 0.5) is 0 Å². The molecule has 0 bridgehead atoms. The van der Waals surface area contributed by atoms with E-state index in [0.717, 1.165) is 130 Å². The summed E-state index contributed by atoms with van der Waals surface area (Å²) in [5.41, 5.74) is 6.12. The van der Waals surface area contributed by atoms with Crippen LogP contribution in [0, 0.1) is 11.8 Å². The molecule has 6 aromatic rings. The molecule has 10 rings (SSSR count). The Morgan fingerprint density at radius 2 is 0.971 bits per heavy atom. The van der Waals surface area contributed by atoms with Gasteiger partial charge in [-0.2, -0.15) is 0 Å². The van der Waals surface area contributed by atoms with Crippen LogP contribution in [0.2, 0.25) is 0 Å². The predicted octanol–water partition coefficient (Wildman–Crippen LogP) is 12.7. The molecule has 0 radical (unpaired) electrons. The molecular formula is C57H61N5O4S2. The minimum absolute atomic E-state index is 0.0116. The topological polar surface area (TPSA) is 113 Å². The highest BCUT2D eigenvalue weighted by Gasteiger charge is 2.40. The number of ketones is 1. The van der Waals surface area contributed by atoms with Gasteiger partial charge in [-0.1, -0.05) is 148 Å². The Labute approximate surface area is 408 Å². The zero-order chi connectivity index (χ0) is 46.4. The van der Waals surface area contributed by atoms with Crippen LogP contribution < -0.4 is 5.32 Å². The van der Waals surface area contributed by atoms with Gasteiger partial charge in [-0.3, -0.25) is 19.2 Å². The van der Waals surface area contributed by atoms with Gasteiger partial charge in [-0.15, -0.1) is 22.7 Å². The molecule has 0 spiro atoms. The normalized spacial score (nSPS) is 20.0. The Morgan fingerprint density at radius 3 is 1.49 bits per heavy atom. The fourth-order valence-electron chi connectivity index (χ4n) is 11.1. The number of thiazole rings is 2. The van der Waals surface area contributed by atoms with E-state index >= 15 is 0 Å². The van der Waals surface area contributed by atoms with Gasteiger partial charge in [0.05, 0.1) is 27.8 Å². The number of carbonyl (C=O) groups is 4. The molecule has 0 unspecified atom stereocenters. The molecule has 4 atom stereocenters. The van der Waals surface area contributed by atoms with Crippen LogP contribution in [0.25, 0.3) is 32.0 Å². The summed E-state index contributed by atoms with van der Waals surface area (Å²) in [4.78, 5) is 71.7. The third kappa shape index (κ3) is 10.2. The number of Topliss-reactive ketones (excluding diaryl/α,β-unsaturated/α-hetero) is 1. The molecule has 3 amide bonds. The predicted molar refractivity (Wildman–Crippen MR) is 271 cm³/mol. The summed E-state index contributed by atoms with van der Waals surface area (Å²) in [6, 6.07) is 35.8. The van der Waals surface area contributed by atoms with E-state index in [0.29, 0.717) is 13.1 Å². The molecule has 2 saturated heterocycles. The maximum atomic E-state index is 14.4. The first-order valence-electron chi connectivity index (χ1n) is 25.0. The quantitative estimate of drug-likeness (QED) is 0.116. The van der Waals surface area contributed by atoms with Crippen molar-refractivity contribution in [1.29, 1.82) is 0 Å². The molecule has 4 aromatic carbocycles. The maximum Gasteiger partial charge on any atom is 0.250 e. The van der Waals surface area contributed by atoms with Crippen molar-refractivity contribution in [2.45, 2.75) is 120 Å². The Morgan fingerprint density at radius 1 is 0.515 bits per heavy atom. The lowest BCUT2D eigenvalue weighted by molar-refractivity contribution is -0.138. The third-order valence-electron chi connectivity index (χ3n) is 15.0. The number of hydrogen-bond donors (Lipinski definition) is 1. The SMILES string of the molecule is O=C(C[C@H](C(=O)N1CCC[C@H]1c1ncc(-c2ccc(-c3ccc(-c4cnc([C@@H]5CCCN5C(=O)[C@H](NC(=O)C5CCCCC5)c5ccccc5)s4)cc3)cc2)s1)c1ccccc1)C1CCCCC1. The van der Waals surface area contributed by atoms with Crippen LogP contribution in [0.5, 0.6) is 0 Å². The molecule has 1 N–H and O–H groups in total. The average Bonchev–Trinajstić information content (AvgIpc) is 4.26. The first-order valence-corrected chi connectivity index (χ1v) is 26.7. The summed E-state index contributed by atoms with van der Waals surface area (Å²) in [5.74, 6) is -0.231. The number of nitrogens with one attached hydrogen (secondary N) is 1. The highest BCUT2D eigenvalue weighted by atomic mass is 32.1. The van der Waals surface area contributed by atoms with Crippen molar-refractivity contribution in [1.82, 2.24) is 25.1 Å². The lowest BCUT2D eigenvalue weighted by Gasteiger charge is -2.30. The van der Waals surface area contributed by atoms with Crippen LogP contribution >= 0.6 is 22.7 Å². The van der Waals surface area contributed by atoms with Crippen molar-refractivity contribution in [3.8, 4) is 32.0 Å². The molecule has 4 heterocycles. The molecular weight excluding hydrogens is 883 g/mol. The van der Waals surface area contributed by atoms with Crippen LogP contribution in [-0.4, -0.2) is 56.4 Å². The molecule has 9 nitrogen and oxygen atoms in total. The first-order chi connectivity index (χ1) is 33.4. The van der Waals surface area contributed by atoms with Gasteiger partial charge in [0.15, 0.2) is 0 Å². The second kappa shape index (κ2) is 21.2. The fraction of sp³-hybridized carbons (Fsp3) is 0.404. The van der Waals surface area contributed by atoms with E-state index in [2.05, 4.69) is 53.8 Å². The summed E-state index contributed by atoms with van der Waals surface area (Å²) < 4.78 is 0. The standard InChI is InChI=1S/C57H61N5O4S2/c63-49(41-17-7-2-8-18-41)35-46(40-15-5-1-6-16-40)56(65)61-33-13-23-47(61)54-58-36-50(67-54)42-29-25-38(26-30-42)39-27-31-43(32-28-39)51-37-59-55(68-51)48-24-14-34-62(48)57(66)52(44-19-9-3-10-20-44)60-53(64)45-21-11-4-12-22-45/h1,3,5-6,9-10,15-16,19-20,25-32,36-37,41,45-48,52H,2,4,7-8,11-14,17-18,21-24,33-35H2,(H,60,64)/t46-,47-,48-,52+/m0/s1.